The van der Waals surface area contributed by atoms with E-state index in [2.05, 4.69) is 49.6 Å². The van der Waals surface area contributed by atoms with Crippen LogP contribution in [0.15, 0.2) is 12.1 Å². The second-order valence-corrected chi connectivity index (χ2v) is 5.97. The van der Waals surface area contributed by atoms with Gasteiger partial charge in [-0.2, -0.15) is 5.10 Å². The van der Waals surface area contributed by atoms with Gasteiger partial charge in [-0.25, -0.2) is 0 Å². The maximum absolute atomic E-state index is 5.96. The maximum Gasteiger partial charge on any atom is 0.0985 e. The number of hydrogen-bond donors (Lipinski definition) is 1. The highest BCUT2D eigenvalue weighted by molar-refractivity contribution is 7.12. The molecule has 0 aromatic carbocycles. The molecule has 2 N–H and O–H groups in total. The Morgan fingerprint density at radius 3 is 2.50 bits per heavy atom. The zero-order valence-electron chi connectivity index (χ0n) is 11.5. The van der Waals surface area contributed by atoms with E-state index < -0.39 is 0 Å². The second kappa shape index (κ2) is 5.24. The molecule has 0 radical (unpaired) electrons. The topological polar surface area (TPSA) is 43.8 Å². The first-order valence-corrected chi connectivity index (χ1v) is 7.21. The van der Waals surface area contributed by atoms with Crippen LogP contribution < -0.4 is 5.73 Å². The van der Waals surface area contributed by atoms with E-state index in [1.165, 1.54) is 21.0 Å². The number of hydrogen-bond acceptors (Lipinski definition) is 3. The lowest BCUT2D eigenvalue weighted by atomic mass is 10.1. The zero-order valence-corrected chi connectivity index (χ0v) is 12.3. The van der Waals surface area contributed by atoms with E-state index >= 15 is 0 Å². The SMILES string of the molecule is CCc1c(C)nn(C(CN)c2ccc(C)s2)c1C. The van der Waals surface area contributed by atoms with Gasteiger partial charge >= 0.3 is 0 Å². The third-order valence-electron chi connectivity index (χ3n) is 3.44. The van der Waals surface area contributed by atoms with Gasteiger partial charge < -0.3 is 5.73 Å². The molecule has 0 bridgehead atoms. The molecule has 18 heavy (non-hydrogen) atoms. The molecule has 4 heteroatoms. The molecule has 0 aliphatic carbocycles. The summed E-state index contributed by atoms with van der Waals surface area (Å²) >= 11 is 1.81. The van der Waals surface area contributed by atoms with Gasteiger partial charge in [-0.15, -0.1) is 11.3 Å². The Morgan fingerprint density at radius 1 is 1.33 bits per heavy atom. The standard InChI is InChI=1S/C14H21N3S/c1-5-12-10(3)16-17(11(12)4)13(8-15)14-7-6-9(2)18-14/h6-7,13H,5,8,15H2,1-4H3. The van der Waals surface area contributed by atoms with E-state index in [0.717, 1.165) is 12.1 Å². The normalized spacial score (nSPS) is 12.9. The van der Waals surface area contributed by atoms with Crippen molar-refractivity contribution in [2.75, 3.05) is 6.54 Å². The van der Waals surface area contributed by atoms with Crippen molar-refractivity contribution in [2.45, 2.75) is 40.2 Å². The molecule has 0 saturated heterocycles. The quantitative estimate of drug-likeness (QED) is 0.921. The maximum atomic E-state index is 5.96. The molecule has 0 aliphatic heterocycles. The van der Waals surface area contributed by atoms with Crippen molar-refractivity contribution in [2.24, 2.45) is 5.73 Å². The fourth-order valence-corrected chi connectivity index (χ4v) is 3.46. The van der Waals surface area contributed by atoms with Crippen LogP contribution >= 0.6 is 11.3 Å². The minimum atomic E-state index is 0.169. The van der Waals surface area contributed by atoms with Gasteiger partial charge in [-0.3, -0.25) is 4.68 Å². The van der Waals surface area contributed by atoms with E-state index in [1.807, 2.05) is 0 Å². The van der Waals surface area contributed by atoms with E-state index in [4.69, 9.17) is 5.73 Å². The molecule has 1 unspecified atom stereocenters. The van der Waals surface area contributed by atoms with Crippen LogP contribution in [-0.4, -0.2) is 16.3 Å². The molecule has 2 heterocycles. The molecule has 3 nitrogen and oxygen atoms in total. The van der Waals surface area contributed by atoms with Gasteiger partial charge in [0.15, 0.2) is 0 Å². The molecule has 1 atom stereocenters. The fraction of sp³-hybridized carbons (Fsp3) is 0.500. The van der Waals surface area contributed by atoms with Gasteiger partial charge in [0.25, 0.3) is 0 Å². The number of aromatic nitrogens is 2. The van der Waals surface area contributed by atoms with Crippen molar-refractivity contribution >= 4 is 11.3 Å². The number of nitrogens with two attached hydrogens (primary N) is 1. The molecule has 0 amide bonds. The van der Waals surface area contributed by atoms with Gasteiger partial charge in [0.05, 0.1) is 11.7 Å². The highest BCUT2D eigenvalue weighted by Gasteiger charge is 2.19. The van der Waals surface area contributed by atoms with Crippen LogP contribution in [0.4, 0.5) is 0 Å². The van der Waals surface area contributed by atoms with Crippen molar-refractivity contribution in [3.05, 3.63) is 38.8 Å². The largest absolute Gasteiger partial charge is 0.328 e. The van der Waals surface area contributed by atoms with E-state index in [9.17, 15) is 0 Å². The number of thiophene rings is 1. The average Bonchev–Trinajstić information content (AvgIpc) is 2.86. The Morgan fingerprint density at radius 2 is 2.06 bits per heavy atom. The van der Waals surface area contributed by atoms with Gasteiger partial charge in [-0.1, -0.05) is 6.92 Å². The van der Waals surface area contributed by atoms with Crippen LogP contribution in [0.2, 0.25) is 0 Å². The second-order valence-electron chi connectivity index (χ2n) is 4.65. The third kappa shape index (κ3) is 2.22. The zero-order chi connectivity index (χ0) is 13.3. The Bertz CT molecular complexity index is 539. The lowest BCUT2D eigenvalue weighted by molar-refractivity contribution is 0.523. The fourth-order valence-electron chi connectivity index (χ4n) is 2.48. The summed E-state index contributed by atoms with van der Waals surface area (Å²) in [6.07, 6.45) is 1.03. The van der Waals surface area contributed by atoms with E-state index in [1.54, 1.807) is 11.3 Å². The van der Waals surface area contributed by atoms with Crippen LogP contribution in [0, 0.1) is 20.8 Å². The Kier molecular flexibility index (Phi) is 3.88. The summed E-state index contributed by atoms with van der Waals surface area (Å²) in [5.74, 6) is 0. The van der Waals surface area contributed by atoms with Crippen LogP contribution in [0.5, 0.6) is 0 Å². The summed E-state index contributed by atoms with van der Waals surface area (Å²) in [4.78, 5) is 2.61. The van der Waals surface area contributed by atoms with Crippen molar-refractivity contribution in [3.63, 3.8) is 0 Å². The monoisotopic (exact) mass is 263 g/mol. The van der Waals surface area contributed by atoms with Crippen LogP contribution in [-0.2, 0) is 6.42 Å². The van der Waals surface area contributed by atoms with Crippen molar-refractivity contribution in [3.8, 4) is 0 Å². The van der Waals surface area contributed by atoms with Gasteiger partial charge in [0.1, 0.15) is 0 Å². The molecule has 98 valence electrons. The van der Waals surface area contributed by atoms with Crippen LogP contribution in [0.25, 0.3) is 0 Å². The predicted molar refractivity (Wildman–Crippen MR) is 77.3 cm³/mol. The van der Waals surface area contributed by atoms with Crippen LogP contribution in [0.3, 0.4) is 0 Å². The molecule has 0 fully saturated rings. The molecular formula is C14H21N3S. The van der Waals surface area contributed by atoms with Crippen molar-refractivity contribution in [1.29, 1.82) is 0 Å². The lowest BCUT2D eigenvalue weighted by Gasteiger charge is -2.16. The first-order chi connectivity index (χ1) is 8.58. The highest BCUT2D eigenvalue weighted by Crippen LogP contribution is 2.27. The smallest absolute Gasteiger partial charge is 0.0985 e. The summed E-state index contributed by atoms with van der Waals surface area (Å²) in [7, 11) is 0. The van der Waals surface area contributed by atoms with Crippen molar-refractivity contribution < 1.29 is 0 Å². The number of nitrogens with zero attached hydrogens (tertiary/aromatic N) is 2. The molecule has 0 saturated carbocycles. The minimum absolute atomic E-state index is 0.169. The first kappa shape index (κ1) is 13.3. The summed E-state index contributed by atoms with van der Waals surface area (Å²) in [6.45, 7) is 9.11. The van der Waals surface area contributed by atoms with Crippen molar-refractivity contribution in [1.82, 2.24) is 9.78 Å². The summed E-state index contributed by atoms with van der Waals surface area (Å²) in [6, 6.07) is 4.48. The summed E-state index contributed by atoms with van der Waals surface area (Å²) in [5, 5.41) is 4.68. The van der Waals surface area contributed by atoms with Gasteiger partial charge in [0, 0.05) is 22.0 Å². The molecule has 2 rings (SSSR count). The Hall–Kier alpha value is -1.13. The molecule has 2 aromatic heterocycles. The predicted octanol–water partition coefficient (Wildman–Crippen LogP) is 2.98. The summed E-state index contributed by atoms with van der Waals surface area (Å²) in [5.41, 5.74) is 9.68. The minimum Gasteiger partial charge on any atom is -0.328 e. The summed E-state index contributed by atoms with van der Waals surface area (Å²) < 4.78 is 2.10. The third-order valence-corrected chi connectivity index (χ3v) is 4.54. The first-order valence-electron chi connectivity index (χ1n) is 6.39. The lowest BCUT2D eigenvalue weighted by Crippen LogP contribution is -2.21. The number of aryl methyl sites for hydroxylation is 2. The number of rotatable bonds is 4. The van der Waals surface area contributed by atoms with Gasteiger partial charge in [-0.05, 0) is 44.9 Å². The molecule has 2 aromatic rings. The van der Waals surface area contributed by atoms with Crippen LogP contribution in [0.1, 0.15) is 39.7 Å². The Balaban J connectivity index is 2.45. The Labute approximate surface area is 113 Å². The molecule has 0 aliphatic rings. The molecule has 0 spiro atoms. The van der Waals surface area contributed by atoms with E-state index in [0.29, 0.717) is 6.54 Å². The average molecular weight is 263 g/mol. The highest BCUT2D eigenvalue weighted by atomic mass is 32.1. The van der Waals surface area contributed by atoms with E-state index in [-0.39, 0.29) is 6.04 Å². The van der Waals surface area contributed by atoms with Gasteiger partial charge in [0.2, 0.25) is 0 Å². The molecular weight excluding hydrogens is 242 g/mol.